The molecule has 2 aliphatic carbocycles. The van der Waals surface area contributed by atoms with Crippen molar-refractivity contribution in [2.45, 2.75) is 207 Å². The topological polar surface area (TPSA) is 80.3 Å². The molecule has 5 nitrogen and oxygen atoms in total. The molecule has 0 fully saturated rings. The maximum atomic E-state index is 13.8. The molecule has 0 spiro atoms. The van der Waals surface area contributed by atoms with Gasteiger partial charge in [0, 0.05) is 42.9 Å². The van der Waals surface area contributed by atoms with Gasteiger partial charge in [-0.05, 0) is 149 Å². The van der Waals surface area contributed by atoms with Gasteiger partial charge in [-0.1, -0.05) is 191 Å². The van der Waals surface area contributed by atoms with Gasteiger partial charge >= 0.3 is 0 Å². The fraction of sp³-hybridized carbons (Fsp3) is 0.515. The minimum atomic E-state index is -0.437. The predicted octanol–water partition coefficient (Wildman–Crippen LogP) is 17.0. The van der Waals surface area contributed by atoms with Gasteiger partial charge in [-0.2, -0.15) is 0 Å². The minimum Gasteiger partial charge on any atom is -0.356 e. The first-order chi connectivity index (χ1) is 33.6. The lowest BCUT2D eigenvalue weighted by atomic mass is 9.63. The van der Waals surface area contributed by atoms with Gasteiger partial charge in [0.25, 0.3) is 0 Å². The molecule has 4 aromatic rings. The van der Waals surface area contributed by atoms with Crippen molar-refractivity contribution in [3.63, 3.8) is 0 Å². The number of ketones is 3. The molecule has 0 aromatic heterocycles. The van der Waals surface area contributed by atoms with Crippen LogP contribution in [0, 0.1) is 5.92 Å². The van der Waals surface area contributed by atoms with Crippen molar-refractivity contribution in [1.82, 2.24) is 5.32 Å². The molecule has 1 atom stereocenters. The van der Waals surface area contributed by atoms with Gasteiger partial charge in [0.05, 0.1) is 0 Å². The number of rotatable bonds is 24. The Hall–Kier alpha value is -5.16. The molecule has 1 amide bonds. The smallest absolute Gasteiger partial charge is 0.223 e. The van der Waals surface area contributed by atoms with E-state index in [4.69, 9.17) is 0 Å². The van der Waals surface area contributed by atoms with Gasteiger partial charge in [-0.25, -0.2) is 0 Å². The average Bonchev–Trinajstić information content (AvgIpc) is 3.33. The molecule has 71 heavy (non-hydrogen) atoms. The summed E-state index contributed by atoms with van der Waals surface area (Å²) in [6.45, 7) is 25.4. The second-order valence-electron chi connectivity index (χ2n) is 24.2. The Morgan fingerprint density at radius 2 is 0.859 bits per heavy atom. The van der Waals surface area contributed by atoms with Crippen LogP contribution in [0.1, 0.15) is 251 Å². The number of hydrogen-bond acceptors (Lipinski definition) is 4. The van der Waals surface area contributed by atoms with E-state index < -0.39 is 5.92 Å². The van der Waals surface area contributed by atoms with Crippen LogP contribution in [0.5, 0.6) is 0 Å². The molecule has 4 aromatic carbocycles. The van der Waals surface area contributed by atoms with Gasteiger partial charge in [-0.15, -0.1) is 0 Å². The van der Waals surface area contributed by atoms with Gasteiger partial charge in [0.15, 0.2) is 11.6 Å². The van der Waals surface area contributed by atoms with Crippen LogP contribution in [0.2, 0.25) is 0 Å². The molecular weight excluding hydrogens is 871 g/mol. The summed E-state index contributed by atoms with van der Waals surface area (Å²) in [5, 5.41) is 3.15. The van der Waals surface area contributed by atoms with Crippen LogP contribution in [0.25, 0.3) is 23.3 Å². The molecule has 0 heterocycles. The lowest BCUT2D eigenvalue weighted by Crippen LogP contribution is -2.33. The third-order valence-electron chi connectivity index (χ3n) is 16.4. The fourth-order valence-electron chi connectivity index (χ4n) is 11.1. The second-order valence-corrected chi connectivity index (χ2v) is 24.2. The number of unbranched alkanes of at least 4 members (excludes halogenated alkanes) is 7. The summed E-state index contributed by atoms with van der Waals surface area (Å²) in [5.74, 6) is -0.149. The van der Waals surface area contributed by atoms with E-state index in [1.54, 1.807) is 6.92 Å². The van der Waals surface area contributed by atoms with Crippen molar-refractivity contribution < 1.29 is 19.2 Å². The first-order valence-electron chi connectivity index (χ1n) is 27.3. The Bertz CT molecular complexity index is 2560. The summed E-state index contributed by atoms with van der Waals surface area (Å²) >= 11 is 0. The van der Waals surface area contributed by atoms with Gasteiger partial charge < -0.3 is 10.1 Å². The molecule has 0 saturated carbocycles. The number of carbonyl (C=O) groups excluding carboxylic acids is 4. The van der Waals surface area contributed by atoms with E-state index >= 15 is 0 Å². The summed E-state index contributed by atoms with van der Waals surface area (Å²) in [7, 11) is 0. The van der Waals surface area contributed by atoms with Crippen LogP contribution in [0.15, 0.2) is 84.9 Å². The summed E-state index contributed by atoms with van der Waals surface area (Å²) in [6, 6.07) is 29.8. The first kappa shape index (κ1) is 55.2. The number of hydrogen-bond donors (Lipinski definition) is 1. The summed E-state index contributed by atoms with van der Waals surface area (Å²) < 4.78 is 0. The van der Waals surface area contributed by atoms with Crippen molar-refractivity contribution in [2.24, 2.45) is 5.92 Å². The number of allylic oxidation sites excluding steroid dienone is 2. The molecule has 1 N–H and O–H groups in total. The minimum absolute atomic E-state index is 0.0261. The third-order valence-corrected chi connectivity index (χ3v) is 16.4. The SMILES string of the molecule is CC(=O)CCCCCCCCNC(=O)C(CCCCCC(=O)c1ccc(C=C(C)c2ccc3c(c2)C(C)(C)CCC3(C)C)cc1)CC(=O)c1ccc(C=C(C)c2ccc3c(c2)C(C)(C)CCC3(C)C)cc1. The highest BCUT2D eigenvalue weighted by Gasteiger charge is 2.38. The number of amides is 1. The Balaban J connectivity index is 1.02. The second kappa shape index (κ2) is 24.0. The number of carbonyl (C=O) groups is 4. The zero-order valence-corrected chi connectivity index (χ0v) is 45.7. The number of Topliss-reactive ketones (excluding diaryl/α,β-unsaturated/α-hetero) is 3. The maximum absolute atomic E-state index is 13.8. The van der Waals surface area contributed by atoms with Crippen LogP contribution < -0.4 is 5.32 Å². The van der Waals surface area contributed by atoms with E-state index in [0.717, 1.165) is 74.5 Å². The molecule has 0 bridgehead atoms. The zero-order valence-electron chi connectivity index (χ0n) is 45.7. The maximum Gasteiger partial charge on any atom is 0.223 e. The van der Waals surface area contributed by atoms with Crippen LogP contribution >= 0.6 is 0 Å². The molecule has 0 radical (unpaired) electrons. The molecule has 0 aliphatic heterocycles. The molecule has 2 aliphatic rings. The summed E-state index contributed by atoms with van der Waals surface area (Å²) in [4.78, 5) is 52.1. The first-order valence-corrected chi connectivity index (χ1v) is 27.3. The Labute approximate surface area is 429 Å². The van der Waals surface area contributed by atoms with E-state index in [-0.39, 0.29) is 51.3 Å². The lowest BCUT2D eigenvalue weighted by Gasteiger charge is -2.42. The van der Waals surface area contributed by atoms with Crippen LogP contribution in [0.3, 0.4) is 0 Å². The standard InChI is InChI=1S/C66H87NO4/c1-46(53-32-34-56-58(43-53)65(8,9)38-36-63(56,4)5)41-49-24-28-51(29-25-49)60(69)23-19-16-18-22-55(62(71)67-40-20-15-13-12-14-17-21-48(3)68)45-61(70)52-30-26-50(27-31-52)42-47(2)54-33-35-57-59(44-54)66(10,11)39-37-64(57,6)7/h24-35,41-44,55H,12-23,36-40,45H2,1-11H3,(H,67,71). The summed E-state index contributed by atoms with van der Waals surface area (Å²) in [6.07, 6.45) is 19.4. The largest absolute Gasteiger partial charge is 0.356 e. The zero-order chi connectivity index (χ0) is 51.6. The van der Waals surface area contributed by atoms with E-state index in [9.17, 15) is 19.2 Å². The predicted molar refractivity (Wildman–Crippen MR) is 299 cm³/mol. The molecule has 1 unspecified atom stereocenters. The fourth-order valence-corrected chi connectivity index (χ4v) is 11.1. The van der Waals surface area contributed by atoms with Crippen LogP contribution in [0.4, 0.5) is 0 Å². The number of nitrogens with one attached hydrogen (secondary N) is 1. The summed E-state index contributed by atoms with van der Waals surface area (Å²) in [5.41, 5.74) is 14.8. The quantitative estimate of drug-likeness (QED) is 0.0431. The average molecular weight is 958 g/mol. The van der Waals surface area contributed by atoms with Gasteiger partial charge in [0.2, 0.25) is 5.91 Å². The Morgan fingerprint density at radius 3 is 1.34 bits per heavy atom. The molecule has 5 heteroatoms. The Morgan fingerprint density at radius 1 is 0.465 bits per heavy atom. The highest BCUT2D eigenvalue weighted by atomic mass is 16.2. The van der Waals surface area contributed by atoms with Gasteiger partial charge in [0.1, 0.15) is 5.78 Å². The van der Waals surface area contributed by atoms with Crippen LogP contribution in [-0.2, 0) is 31.2 Å². The number of benzene rings is 4. The van der Waals surface area contributed by atoms with Crippen molar-refractivity contribution in [3.05, 3.63) is 141 Å². The highest BCUT2D eigenvalue weighted by molar-refractivity contribution is 5.99. The van der Waals surface area contributed by atoms with Crippen LogP contribution in [-0.4, -0.2) is 29.8 Å². The normalized spacial score (nSPS) is 17.2. The van der Waals surface area contributed by atoms with Crippen molar-refractivity contribution >= 4 is 46.6 Å². The molecular formula is C66H87NO4. The highest BCUT2D eigenvalue weighted by Crippen LogP contribution is 2.48. The van der Waals surface area contributed by atoms with Gasteiger partial charge in [-0.3, -0.25) is 14.4 Å². The van der Waals surface area contributed by atoms with Crippen molar-refractivity contribution in [2.75, 3.05) is 6.54 Å². The number of fused-ring (bicyclic) bond motifs is 2. The monoisotopic (exact) mass is 958 g/mol. The molecule has 0 saturated heterocycles. The molecule has 380 valence electrons. The van der Waals surface area contributed by atoms with E-state index in [1.165, 1.54) is 70.2 Å². The lowest BCUT2D eigenvalue weighted by molar-refractivity contribution is -0.125. The Kier molecular flexibility index (Phi) is 18.7. The van der Waals surface area contributed by atoms with Crippen molar-refractivity contribution in [3.8, 4) is 0 Å². The van der Waals surface area contributed by atoms with E-state index in [0.29, 0.717) is 31.4 Å². The molecule has 6 rings (SSSR count). The third kappa shape index (κ3) is 15.0. The van der Waals surface area contributed by atoms with E-state index in [2.05, 4.69) is 123 Å². The van der Waals surface area contributed by atoms with Crippen molar-refractivity contribution in [1.29, 1.82) is 0 Å². The van der Waals surface area contributed by atoms with E-state index in [1.807, 2.05) is 48.5 Å².